The average Bonchev–Trinajstić information content (AvgIpc) is 2.54. The maximum Gasteiger partial charge on any atom is 0.118 e. The lowest BCUT2D eigenvalue weighted by Crippen LogP contribution is -2.35. The van der Waals surface area contributed by atoms with E-state index in [9.17, 15) is 10.2 Å². The van der Waals surface area contributed by atoms with Crippen LogP contribution in [0.4, 0.5) is 0 Å². The predicted molar refractivity (Wildman–Crippen MR) is 87.8 cm³/mol. The third-order valence-corrected chi connectivity index (χ3v) is 3.86. The van der Waals surface area contributed by atoms with Gasteiger partial charge in [-0.1, -0.05) is 38.1 Å². The zero-order valence-corrected chi connectivity index (χ0v) is 13.9. The van der Waals surface area contributed by atoms with Crippen LogP contribution in [-0.2, 0) is 11.3 Å². The minimum absolute atomic E-state index is 0.0480. The van der Waals surface area contributed by atoms with Crippen LogP contribution in [0.3, 0.4) is 0 Å². The molecule has 0 aliphatic heterocycles. The molecule has 4 atom stereocenters. The van der Waals surface area contributed by atoms with Gasteiger partial charge < -0.3 is 19.7 Å². The third kappa shape index (κ3) is 5.79. The Morgan fingerprint density at radius 3 is 2.32 bits per heavy atom. The van der Waals surface area contributed by atoms with Crippen molar-refractivity contribution in [3.63, 3.8) is 0 Å². The monoisotopic (exact) mass is 308 g/mol. The number of benzene rings is 1. The molecule has 4 nitrogen and oxygen atoms in total. The van der Waals surface area contributed by atoms with Crippen molar-refractivity contribution in [1.29, 1.82) is 0 Å². The first kappa shape index (κ1) is 18.7. The first-order chi connectivity index (χ1) is 10.5. The van der Waals surface area contributed by atoms with Gasteiger partial charge in [-0.3, -0.25) is 0 Å². The van der Waals surface area contributed by atoms with Crippen LogP contribution in [0, 0.1) is 11.8 Å². The molecule has 1 rings (SSSR count). The number of methoxy groups -OCH3 is 1. The molecule has 4 heteroatoms. The normalized spacial score (nSPS) is 17.2. The van der Waals surface area contributed by atoms with Crippen LogP contribution in [0.15, 0.2) is 36.4 Å². The summed E-state index contributed by atoms with van der Waals surface area (Å²) in [6.07, 6.45) is 2.24. The predicted octanol–water partition coefficient (Wildman–Crippen LogP) is 2.78. The van der Waals surface area contributed by atoms with Gasteiger partial charge in [-0.15, -0.1) is 0 Å². The Balaban J connectivity index is 2.39. The third-order valence-electron chi connectivity index (χ3n) is 3.86. The van der Waals surface area contributed by atoms with Crippen molar-refractivity contribution in [2.45, 2.75) is 39.6 Å². The summed E-state index contributed by atoms with van der Waals surface area (Å²) >= 11 is 0. The van der Waals surface area contributed by atoms with Crippen molar-refractivity contribution in [3.8, 4) is 5.75 Å². The smallest absolute Gasteiger partial charge is 0.118 e. The Morgan fingerprint density at radius 1 is 1.14 bits per heavy atom. The van der Waals surface area contributed by atoms with Crippen LogP contribution in [0.1, 0.15) is 26.3 Å². The van der Waals surface area contributed by atoms with E-state index in [2.05, 4.69) is 0 Å². The van der Waals surface area contributed by atoms with Crippen molar-refractivity contribution < 1.29 is 19.7 Å². The molecule has 22 heavy (non-hydrogen) atoms. The molecule has 0 saturated carbocycles. The maximum atomic E-state index is 10.3. The molecule has 2 N–H and O–H groups in total. The minimum atomic E-state index is -0.635. The number of aliphatic hydroxyl groups excluding tert-OH is 2. The minimum Gasteiger partial charge on any atom is -0.497 e. The van der Waals surface area contributed by atoms with Gasteiger partial charge in [0.2, 0.25) is 0 Å². The second-order valence-corrected chi connectivity index (χ2v) is 5.71. The summed E-state index contributed by atoms with van der Waals surface area (Å²) in [7, 11) is 1.64. The van der Waals surface area contributed by atoms with Crippen LogP contribution in [0.2, 0.25) is 0 Å². The van der Waals surface area contributed by atoms with Crippen LogP contribution >= 0.6 is 0 Å². The van der Waals surface area contributed by atoms with E-state index < -0.39 is 12.2 Å². The van der Waals surface area contributed by atoms with Gasteiger partial charge in [-0.2, -0.15) is 0 Å². The van der Waals surface area contributed by atoms with Crippen molar-refractivity contribution in [1.82, 2.24) is 0 Å². The molecule has 0 unspecified atom stereocenters. The second kappa shape index (κ2) is 9.62. The van der Waals surface area contributed by atoms with Gasteiger partial charge in [0.25, 0.3) is 0 Å². The highest BCUT2D eigenvalue weighted by molar-refractivity contribution is 5.26. The molecule has 1 aromatic rings. The number of hydrogen-bond acceptors (Lipinski definition) is 4. The van der Waals surface area contributed by atoms with E-state index in [0.29, 0.717) is 13.2 Å². The summed E-state index contributed by atoms with van der Waals surface area (Å²) in [5, 5.41) is 20.1. The van der Waals surface area contributed by atoms with Gasteiger partial charge in [0.05, 0.1) is 32.5 Å². The number of aliphatic hydroxyl groups is 2. The van der Waals surface area contributed by atoms with Crippen LogP contribution < -0.4 is 4.74 Å². The first-order valence-electron chi connectivity index (χ1n) is 7.69. The molecule has 0 heterocycles. The molecule has 0 amide bonds. The highest BCUT2D eigenvalue weighted by Crippen LogP contribution is 2.19. The van der Waals surface area contributed by atoms with Gasteiger partial charge in [0, 0.05) is 11.8 Å². The molecule has 0 fully saturated rings. The zero-order chi connectivity index (χ0) is 16.5. The van der Waals surface area contributed by atoms with Gasteiger partial charge in [-0.05, 0) is 24.6 Å². The van der Waals surface area contributed by atoms with Crippen molar-refractivity contribution in [3.05, 3.63) is 42.0 Å². The summed E-state index contributed by atoms with van der Waals surface area (Å²) in [6.45, 7) is 6.56. The fourth-order valence-corrected chi connectivity index (χ4v) is 2.28. The molecule has 0 radical (unpaired) electrons. The summed E-state index contributed by atoms with van der Waals surface area (Å²) in [5.74, 6) is 0.545. The number of ether oxygens (including phenoxy) is 2. The van der Waals surface area contributed by atoms with Crippen LogP contribution in [0.25, 0.3) is 0 Å². The average molecular weight is 308 g/mol. The van der Waals surface area contributed by atoms with Gasteiger partial charge >= 0.3 is 0 Å². The van der Waals surface area contributed by atoms with Crippen LogP contribution in [-0.4, -0.2) is 36.1 Å². The molecule has 1 aromatic carbocycles. The summed E-state index contributed by atoms with van der Waals surface area (Å²) in [5.41, 5.74) is 1.06. The summed E-state index contributed by atoms with van der Waals surface area (Å²) in [4.78, 5) is 0. The quantitative estimate of drug-likeness (QED) is 0.689. The van der Waals surface area contributed by atoms with E-state index >= 15 is 0 Å². The SMILES string of the molecule is C/C=C/[C@@H](O)[C@@H](C)[C@@H](O)[C@@H](C)COCc1ccc(OC)cc1. The lowest BCUT2D eigenvalue weighted by molar-refractivity contribution is -0.0230. The molecule has 0 aromatic heterocycles. The summed E-state index contributed by atoms with van der Waals surface area (Å²) in [6, 6.07) is 7.70. The lowest BCUT2D eigenvalue weighted by Gasteiger charge is -2.27. The summed E-state index contributed by atoms with van der Waals surface area (Å²) < 4.78 is 10.8. The molecule has 0 saturated heterocycles. The van der Waals surface area contributed by atoms with E-state index in [1.54, 1.807) is 19.3 Å². The Bertz CT molecular complexity index is 441. The van der Waals surface area contributed by atoms with E-state index in [-0.39, 0.29) is 11.8 Å². The molecule has 0 spiro atoms. The van der Waals surface area contributed by atoms with E-state index in [0.717, 1.165) is 11.3 Å². The van der Waals surface area contributed by atoms with Gasteiger partial charge in [0.1, 0.15) is 5.75 Å². The second-order valence-electron chi connectivity index (χ2n) is 5.71. The molecule has 124 valence electrons. The van der Waals surface area contributed by atoms with Gasteiger partial charge in [0.15, 0.2) is 0 Å². The number of rotatable bonds is 9. The number of hydrogen-bond donors (Lipinski definition) is 2. The highest BCUT2D eigenvalue weighted by atomic mass is 16.5. The van der Waals surface area contributed by atoms with E-state index in [1.165, 1.54) is 0 Å². The molecular weight excluding hydrogens is 280 g/mol. The first-order valence-corrected chi connectivity index (χ1v) is 7.69. The lowest BCUT2D eigenvalue weighted by atomic mass is 9.89. The Morgan fingerprint density at radius 2 is 1.77 bits per heavy atom. The van der Waals surface area contributed by atoms with E-state index in [1.807, 2.05) is 45.0 Å². The Labute approximate surface area is 133 Å². The maximum absolute atomic E-state index is 10.3. The largest absolute Gasteiger partial charge is 0.497 e. The highest BCUT2D eigenvalue weighted by Gasteiger charge is 2.25. The molecular formula is C18H28O4. The standard InChI is InChI=1S/C18H28O4/c1-5-6-17(19)14(3)18(20)13(2)11-22-12-15-7-9-16(21-4)10-8-15/h5-10,13-14,17-20H,11-12H2,1-4H3/b6-5+/t13-,14+,17+,18-/m0/s1. The molecule has 0 aliphatic rings. The Kier molecular flexibility index (Phi) is 8.17. The number of allylic oxidation sites excluding steroid dienone is 1. The van der Waals surface area contributed by atoms with Crippen molar-refractivity contribution in [2.75, 3.05) is 13.7 Å². The fraction of sp³-hybridized carbons (Fsp3) is 0.556. The van der Waals surface area contributed by atoms with Crippen molar-refractivity contribution in [2.24, 2.45) is 11.8 Å². The Hall–Kier alpha value is -1.36. The van der Waals surface area contributed by atoms with Gasteiger partial charge in [-0.25, -0.2) is 0 Å². The molecule has 0 bridgehead atoms. The topological polar surface area (TPSA) is 58.9 Å². The van der Waals surface area contributed by atoms with Crippen LogP contribution in [0.5, 0.6) is 5.75 Å². The van der Waals surface area contributed by atoms with E-state index in [4.69, 9.17) is 9.47 Å². The fourth-order valence-electron chi connectivity index (χ4n) is 2.28. The van der Waals surface area contributed by atoms with Crippen molar-refractivity contribution >= 4 is 0 Å². The molecule has 0 aliphatic carbocycles. The zero-order valence-electron chi connectivity index (χ0n) is 13.9.